The summed E-state index contributed by atoms with van der Waals surface area (Å²) in [4.78, 5) is 12.3. The van der Waals surface area contributed by atoms with Crippen LogP contribution >= 0.6 is 0 Å². The molecule has 1 aromatic carbocycles. The number of aliphatic hydroxyl groups excluding tert-OH is 1. The summed E-state index contributed by atoms with van der Waals surface area (Å²) in [6, 6.07) is 4.97. The molecule has 0 spiro atoms. The zero-order valence-electron chi connectivity index (χ0n) is 11.1. The topological polar surface area (TPSA) is 84.6 Å². The molecule has 5 heteroatoms. The number of nitrogen functional groups attached to an aromatic ring is 1. The first-order chi connectivity index (χ1) is 9.10. The minimum absolute atomic E-state index is 0.0391. The summed E-state index contributed by atoms with van der Waals surface area (Å²) >= 11 is 0. The minimum atomic E-state index is -0.493. The lowest BCUT2D eigenvalue weighted by Gasteiger charge is -2.28. The minimum Gasteiger partial charge on any atom is -0.497 e. The van der Waals surface area contributed by atoms with Crippen molar-refractivity contribution >= 4 is 11.6 Å². The SMILES string of the molecule is COc1ccc(N)c(C(=O)NC2(CO)CCCC2)c1. The Morgan fingerprint density at radius 3 is 2.74 bits per heavy atom. The smallest absolute Gasteiger partial charge is 0.254 e. The third-order valence-electron chi connectivity index (χ3n) is 3.75. The highest BCUT2D eigenvalue weighted by Crippen LogP contribution is 2.30. The van der Waals surface area contributed by atoms with Gasteiger partial charge in [-0.05, 0) is 31.0 Å². The van der Waals surface area contributed by atoms with Crippen LogP contribution < -0.4 is 15.8 Å². The second-order valence-corrected chi connectivity index (χ2v) is 5.05. The summed E-state index contributed by atoms with van der Waals surface area (Å²) in [6.07, 6.45) is 3.65. The first-order valence-corrected chi connectivity index (χ1v) is 6.47. The van der Waals surface area contributed by atoms with Crippen LogP contribution in [0.5, 0.6) is 5.75 Å². The normalized spacial score (nSPS) is 17.2. The molecule has 0 atom stereocenters. The van der Waals surface area contributed by atoms with Gasteiger partial charge in [0.15, 0.2) is 0 Å². The second-order valence-electron chi connectivity index (χ2n) is 5.05. The van der Waals surface area contributed by atoms with Crippen molar-refractivity contribution in [3.8, 4) is 5.75 Å². The van der Waals surface area contributed by atoms with Gasteiger partial charge in [0.05, 0.1) is 24.8 Å². The number of hydrogen-bond acceptors (Lipinski definition) is 4. The predicted octanol–water partition coefficient (Wildman–Crippen LogP) is 1.31. The van der Waals surface area contributed by atoms with E-state index >= 15 is 0 Å². The van der Waals surface area contributed by atoms with E-state index in [0.717, 1.165) is 25.7 Å². The number of rotatable bonds is 4. The van der Waals surface area contributed by atoms with Crippen LogP contribution in [0.1, 0.15) is 36.0 Å². The molecule has 1 fully saturated rings. The summed E-state index contributed by atoms with van der Waals surface area (Å²) in [7, 11) is 1.54. The Balaban J connectivity index is 2.19. The lowest BCUT2D eigenvalue weighted by molar-refractivity contribution is 0.0839. The average Bonchev–Trinajstić information content (AvgIpc) is 2.88. The molecule has 5 nitrogen and oxygen atoms in total. The summed E-state index contributed by atoms with van der Waals surface area (Å²) in [5.74, 6) is 0.330. The van der Waals surface area contributed by atoms with Crippen LogP contribution in [-0.4, -0.2) is 30.3 Å². The number of anilines is 1. The van der Waals surface area contributed by atoms with Crippen LogP contribution in [0.2, 0.25) is 0 Å². The van der Waals surface area contributed by atoms with Gasteiger partial charge in [0, 0.05) is 5.69 Å². The highest BCUT2D eigenvalue weighted by molar-refractivity contribution is 6.00. The van der Waals surface area contributed by atoms with Crippen molar-refractivity contribution in [1.29, 1.82) is 0 Å². The van der Waals surface area contributed by atoms with Crippen LogP contribution in [0.3, 0.4) is 0 Å². The average molecular weight is 264 g/mol. The largest absolute Gasteiger partial charge is 0.497 e. The first kappa shape index (κ1) is 13.7. The molecule has 1 amide bonds. The molecule has 1 saturated carbocycles. The molecule has 1 aliphatic carbocycles. The number of hydrogen-bond donors (Lipinski definition) is 3. The van der Waals surface area contributed by atoms with Crippen LogP contribution in [-0.2, 0) is 0 Å². The Kier molecular flexibility index (Phi) is 3.95. The van der Waals surface area contributed by atoms with Crippen molar-refractivity contribution in [2.75, 3.05) is 19.5 Å². The van der Waals surface area contributed by atoms with Gasteiger partial charge in [-0.3, -0.25) is 4.79 Å². The summed E-state index contributed by atoms with van der Waals surface area (Å²) in [5, 5.41) is 12.4. The number of carbonyl (C=O) groups excluding carboxylic acids is 1. The van der Waals surface area contributed by atoms with Gasteiger partial charge in [0.25, 0.3) is 5.91 Å². The van der Waals surface area contributed by atoms with Gasteiger partial charge in [0.2, 0.25) is 0 Å². The molecule has 0 saturated heterocycles. The molecule has 104 valence electrons. The van der Waals surface area contributed by atoms with E-state index in [4.69, 9.17) is 10.5 Å². The van der Waals surface area contributed by atoms with Crippen LogP contribution in [0.15, 0.2) is 18.2 Å². The summed E-state index contributed by atoms with van der Waals surface area (Å²) < 4.78 is 5.10. The standard InChI is InChI=1S/C14H20N2O3/c1-19-10-4-5-12(15)11(8-10)13(18)16-14(9-17)6-2-3-7-14/h4-5,8,17H,2-3,6-7,9,15H2,1H3,(H,16,18). The van der Waals surface area contributed by atoms with Crippen molar-refractivity contribution in [2.24, 2.45) is 0 Å². The molecule has 0 radical (unpaired) electrons. The number of amides is 1. The van der Waals surface area contributed by atoms with Gasteiger partial charge >= 0.3 is 0 Å². The van der Waals surface area contributed by atoms with Gasteiger partial charge in [-0.1, -0.05) is 12.8 Å². The van der Waals surface area contributed by atoms with E-state index in [1.165, 1.54) is 0 Å². The van der Waals surface area contributed by atoms with Gasteiger partial charge in [-0.25, -0.2) is 0 Å². The third kappa shape index (κ3) is 2.81. The maximum absolute atomic E-state index is 12.3. The molecular formula is C14H20N2O3. The number of nitrogens with two attached hydrogens (primary N) is 1. The maximum Gasteiger partial charge on any atom is 0.254 e. The summed E-state index contributed by atoms with van der Waals surface area (Å²) in [5.41, 5.74) is 6.13. The lowest BCUT2D eigenvalue weighted by atomic mass is 9.98. The number of methoxy groups -OCH3 is 1. The van der Waals surface area contributed by atoms with E-state index in [9.17, 15) is 9.90 Å². The molecule has 0 aromatic heterocycles. The Morgan fingerprint density at radius 1 is 1.47 bits per heavy atom. The molecule has 0 aliphatic heterocycles. The van der Waals surface area contributed by atoms with Crippen molar-refractivity contribution in [3.63, 3.8) is 0 Å². The van der Waals surface area contributed by atoms with Gasteiger partial charge in [-0.2, -0.15) is 0 Å². The molecule has 1 aromatic rings. The number of ether oxygens (including phenoxy) is 1. The Morgan fingerprint density at radius 2 is 2.16 bits per heavy atom. The van der Waals surface area contributed by atoms with Crippen LogP contribution in [0, 0.1) is 0 Å². The molecular weight excluding hydrogens is 244 g/mol. The van der Waals surface area contributed by atoms with E-state index in [0.29, 0.717) is 17.0 Å². The van der Waals surface area contributed by atoms with Crippen molar-refractivity contribution in [3.05, 3.63) is 23.8 Å². The Bertz CT molecular complexity index is 468. The monoisotopic (exact) mass is 264 g/mol. The summed E-state index contributed by atoms with van der Waals surface area (Å²) in [6.45, 7) is -0.0391. The zero-order chi connectivity index (χ0) is 13.9. The predicted molar refractivity (Wildman–Crippen MR) is 73.2 cm³/mol. The molecule has 4 N–H and O–H groups in total. The van der Waals surface area contributed by atoms with Gasteiger partial charge in [-0.15, -0.1) is 0 Å². The van der Waals surface area contributed by atoms with E-state index in [-0.39, 0.29) is 12.5 Å². The first-order valence-electron chi connectivity index (χ1n) is 6.47. The molecule has 0 bridgehead atoms. The van der Waals surface area contributed by atoms with Crippen molar-refractivity contribution < 1.29 is 14.6 Å². The Labute approximate surface area is 112 Å². The second kappa shape index (κ2) is 5.48. The van der Waals surface area contributed by atoms with Crippen LogP contribution in [0.4, 0.5) is 5.69 Å². The van der Waals surface area contributed by atoms with Gasteiger partial charge in [0.1, 0.15) is 5.75 Å². The lowest BCUT2D eigenvalue weighted by Crippen LogP contribution is -2.49. The number of nitrogens with one attached hydrogen (secondary N) is 1. The molecule has 2 rings (SSSR count). The quantitative estimate of drug-likeness (QED) is 0.716. The van der Waals surface area contributed by atoms with Crippen molar-refractivity contribution in [1.82, 2.24) is 5.32 Å². The fourth-order valence-electron chi connectivity index (χ4n) is 2.54. The van der Waals surface area contributed by atoms with E-state index < -0.39 is 5.54 Å². The van der Waals surface area contributed by atoms with E-state index in [1.54, 1.807) is 25.3 Å². The molecule has 1 aliphatic rings. The van der Waals surface area contributed by atoms with E-state index in [2.05, 4.69) is 5.32 Å². The maximum atomic E-state index is 12.3. The fourth-order valence-corrected chi connectivity index (χ4v) is 2.54. The molecule has 0 unspecified atom stereocenters. The highest BCUT2D eigenvalue weighted by atomic mass is 16.5. The fraction of sp³-hybridized carbons (Fsp3) is 0.500. The van der Waals surface area contributed by atoms with Crippen LogP contribution in [0.25, 0.3) is 0 Å². The molecule has 0 heterocycles. The van der Waals surface area contributed by atoms with Crippen molar-refractivity contribution in [2.45, 2.75) is 31.2 Å². The van der Waals surface area contributed by atoms with Gasteiger partial charge < -0.3 is 20.9 Å². The highest BCUT2D eigenvalue weighted by Gasteiger charge is 2.35. The molecule has 19 heavy (non-hydrogen) atoms. The zero-order valence-corrected chi connectivity index (χ0v) is 11.1. The number of benzene rings is 1. The Hall–Kier alpha value is -1.75. The number of aliphatic hydroxyl groups is 1. The third-order valence-corrected chi connectivity index (χ3v) is 3.75. The van der Waals surface area contributed by atoms with E-state index in [1.807, 2.05) is 0 Å². The number of carbonyl (C=O) groups is 1.